The van der Waals surface area contributed by atoms with E-state index in [9.17, 15) is 10.5 Å². The van der Waals surface area contributed by atoms with Crippen LogP contribution in [0.5, 0.6) is 11.5 Å². The second kappa shape index (κ2) is 15.4. The lowest BCUT2D eigenvalue weighted by atomic mass is 10.1. The maximum Gasteiger partial charge on any atom is 0.176 e. The van der Waals surface area contributed by atoms with E-state index in [-0.39, 0.29) is 11.4 Å². The van der Waals surface area contributed by atoms with Gasteiger partial charge in [-0.05, 0) is 35.4 Å². The first kappa shape index (κ1) is 31.1. The molecule has 4 aromatic rings. The smallest absolute Gasteiger partial charge is 0.176 e. The van der Waals surface area contributed by atoms with Gasteiger partial charge in [0.2, 0.25) is 0 Å². The zero-order valence-corrected chi connectivity index (χ0v) is 25.3. The summed E-state index contributed by atoms with van der Waals surface area (Å²) >= 11 is 0. The zero-order chi connectivity index (χ0) is 31.3. The molecule has 0 fully saturated rings. The Balaban J connectivity index is 1.61. The third-order valence-corrected chi connectivity index (χ3v) is 6.60. The molecular formula is C36H34N6O2. The van der Waals surface area contributed by atoms with Gasteiger partial charge in [-0.2, -0.15) is 10.5 Å². The number of benzene rings is 4. The molecule has 0 aliphatic rings. The Labute approximate surface area is 259 Å². The topological polar surface area (TPSA) is 97.2 Å². The van der Waals surface area contributed by atoms with E-state index < -0.39 is 0 Å². The molecule has 0 unspecified atom stereocenters. The van der Waals surface area contributed by atoms with E-state index in [0.29, 0.717) is 35.8 Å². The predicted molar refractivity (Wildman–Crippen MR) is 177 cm³/mol. The fraction of sp³-hybridized carbons (Fsp3) is 0.167. The van der Waals surface area contributed by atoms with E-state index in [2.05, 4.69) is 9.98 Å². The van der Waals surface area contributed by atoms with Gasteiger partial charge in [0.15, 0.2) is 11.4 Å². The lowest BCUT2D eigenvalue weighted by molar-refractivity contribution is 0.306. The number of hydrogen-bond donors (Lipinski definition) is 0. The highest BCUT2D eigenvalue weighted by Crippen LogP contribution is 2.27. The molecule has 4 rings (SSSR count). The standard InChI is InChI=1S/C36H34N6O2/c1-41(2)31-17-15-29(35(19-31)43-25-27-11-7-5-8-12-27)23-39-33(21-37)34(22-38)40-24-30-16-18-32(42(3)4)20-36(30)44-26-28-13-9-6-10-14-28/h5-20,23-24H,25-26H2,1-4H3/b34-33+,39-23?,40-24?. The summed E-state index contributed by atoms with van der Waals surface area (Å²) in [6.07, 6.45) is 3.04. The van der Waals surface area contributed by atoms with Crippen LogP contribution in [0.2, 0.25) is 0 Å². The number of ether oxygens (including phenoxy) is 2. The van der Waals surface area contributed by atoms with E-state index in [0.717, 1.165) is 22.5 Å². The molecule has 220 valence electrons. The number of hydrogen-bond acceptors (Lipinski definition) is 8. The van der Waals surface area contributed by atoms with E-state index in [1.807, 2.05) is 147 Å². The highest BCUT2D eigenvalue weighted by Gasteiger charge is 2.10. The van der Waals surface area contributed by atoms with Crippen molar-refractivity contribution >= 4 is 23.8 Å². The van der Waals surface area contributed by atoms with Crippen molar-refractivity contribution in [1.29, 1.82) is 10.5 Å². The van der Waals surface area contributed by atoms with Crippen LogP contribution >= 0.6 is 0 Å². The number of allylic oxidation sites excluding steroid dienone is 2. The lowest BCUT2D eigenvalue weighted by Gasteiger charge is -2.16. The van der Waals surface area contributed by atoms with E-state index >= 15 is 0 Å². The Morgan fingerprint density at radius 3 is 1.34 bits per heavy atom. The molecule has 0 bridgehead atoms. The first-order chi connectivity index (χ1) is 21.4. The van der Waals surface area contributed by atoms with E-state index in [1.165, 1.54) is 12.4 Å². The molecule has 4 aromatic carbocycles. The molecule has 44 heavy (non-hydrogen) atoms. The average molecular weight is 583 g/mol. The Hall–Kier alpha value is -5.86. The van der Waals surface area contributed by atoms with Crippen molar-refractivity contribution in [2.75, 3.05) is 38.0 Å². The van der Waals surface area contributed by atoms with Gasteiger partial charge in [0, 0.05) is 75.3 Å². The zero-order valence-electron chi connectivity index (χ0n) is 25.3. The van der Waals surface area contributed by atoms with Crippen molar-refractivity contribution in [3.05, 3.63) is 131 Å². The predicted octanol–water partition coefficient (Wildman–Crippen LogP) is 6.77. The molecule has 0 saturated carbocycles. The molecule has 0 radical (unpaired) electrons. The summed E-state index contributed by atoms with van der Waals surface area (Å²) in [5.41, 5.74) is 5.04. The summed E-state index contributed by atoms with van der Waals surface area (Å²) in [5.74, 6) is 1.20. The third kappa shape index (κ3) is 8.58. The van der Waals surface area contributed by atoms with Gasteiger partial charge in [0.25, 0.3) is 0 Å². The van der Waals surface area contributed by atoms with Crippen molar-refractivity contribution in [2.45, 2.75) is 13.2 Å². The Kier molecular flexibility index (Phi) is 10.9. The molecule has 0 amide bonds. The normalized spacial score (nSPS) is 11.5. The largest absolute Gasteiger partial charge is 0.488 e. The minimum absolute atomic E-state index is 0.119. The Bertz CT molecular complexity index is 1600. The van der Waals surface area contributed by atoms with Gasteiger partial charge in [0.05, 0.1) is 0 Å². The molecule has 0 aliphatic carbocycles. The van der Waals surface area contributed by atoms with Crippen molar-refractivity contribution < 1.29 is 9.47 Å². The van der Waals surface area contributed by atoms with Gasteiger partial charge < -0.3 is 19.3 Å². The maximum absolute atomic E-state index is 9.89. The monoisotopic (exact) mass is 582 g/mol. The molecule has 0 aliphatic heterocycles. The van der Waals surface area contributed by atoms with Crippen LogP contribution in [0.15, 0.2) is 118 Å². The van der Waals surface area contributed by atoms with Crippen LogP contribution in [-0.4, -0.2) is 40.6 Å². The van der Waals surface area contributed by atoms with Crippen LogP contribution in [0, 0.1) is 22.7 Å². The molecular weight excluding hydrogens is 548 g/mol. The molecule has 0 atom stereocenters. The van der Waals surface area contributed by atoms with Crippen LogP contribution < -0.4 is 19.3 Å². The van der Waals surface area contributed by atoms with Crippen LogP contribution in [-0.2, 0) is 13.2 Å². The van der Waals surface area contributed by atoms with Crippen molar-refractivity contribution in [2.24, 2.45) is 9.98 Å². The van der Waals surface area contributed by atoms with Gasteiger partial charge in [-0.15, -0.1) is 0 Å². The highest BCUT2D eigenvalue weighted by atomic mass is 16.5. The minimum Gasteiger partial charge on any atom is -0.488 e. The first-order valence-corrected chi connectivity index (χ1v) is 14.0. The van der Waals surface area contributed by atoms with Gasteiger partial charge in [-0.3, -0.25) is 0 Å². The summed E-state index contributed by atoms with van der Waals surface area (Å²) in [6.45, 7) is 0.739. The Morgan fingerprint density at radius 2 is 1.00 bits per heavy atom. The molecule has 0 saturated heterocycles. The lowest BCUT2D eigenvalue weighted by Crippen LogP contribution is -2.09. The molecule has 0 aromatic heterocycles. The van der Waals surface area contributed by atoms with Gasteiger partial charge >= 0.3 is 0 Å². The Morgan fingerprint density at radius 1 is 0.614 bits per heavy atom. The van der Waals surface area contributed by atoms with Crippen molar-refractivity contribution in [3.8, 4) is 23.6 Å². The number of aliphatic imine (C=N–C) groups is 2. The molecule has 8 heteroatoms. The van der Waals surface area contributed by atoms with Crippen molar-refractivity contribution in [3.63, 3.8) is 0 Å². The molecule has 0 spiro atoms. The second-order valence-corrected chi connectivity index (χ2v) is 10.2. The fourth-order valence-electron chi connectivity index (χ4n) is 4.09. The summed E-state index contributed by atoms with van der Waals surface area (Å²) in [4.78, 5) is 12.6. The van der Waals surface area contributed by atoms with E-state index in [1.54, 1.807) is 0 Å². The van der Waals surface area contributed by atoms with Gasteiger partial charge in [-0.1, -0.05) is 60.7 Å². The number of anilines is 2. The summed E-state index contributed by atoms with van der Waals surface area (Å²) in [7, 11) is 7.79. The SMILES string of the molecule is CN(C)c1ccc(C=N/C(C#N)=C(\C#N)N=Cc2ccc(N(C)C)cc2OCc2ccccc2)c(OCc2ccccc2)c1. The number of rotatable bonds is 12. The van der Waals surface area contributed by atoms with Crippen LogP contribution in [0.1, 0.15) is 22.3 Å². The number of nitrogens with zero attached hydrogens (tertiary/aromatic N) is 6. The summed E-state index contributed by atoms with van der Waals surface area (Å²) in [5, 5.41) is 19.8. The second-order valence-electron chi connectivity index (χ2n) is 10.2. The molecule has 0 N–H and O–H groups in total. The summed E-state index contributed by atoms with van der Waals surface area (Å²) in [6, 6.07) is 35.2. The summed E-state index contributed by atoms with van der Waals surface area (Å²) < 4.78 is 12.3. The quantitative estimate of drug-likeness (QED) is 0.135. The van der Waals surface area contributed by atoms with Crippen molar-refractivity contribution in [1.82, 2.24) is 0 Å². The van der Waals surface area contributed by atoms with Crippen LogP contribution in [0.3, 0.4) is 0 Å². The van der Waals surface area contributed by atoms with Gasteiger partial charge in [-0.25, -0.2) is 9.98 Å². The number of nitriles is 2. The minimum atomic E-state index is -0.119. The van der Waals surface area contributed by atoms with Gasteiger partial charge in [0.1, 0.15) is 36.9 Å². The fourth-order valence-corrected chi connectivity index (χ4v) is 4.09. The van der Waals surface area contributed by atoms with Crippen LogP contribution in [0.4, 0.5) is 11.4 Å². The molecule has 8 nitrogen and oxygen atoms in total. The van der Waals surface area contributed by atoms with Crippen LogP contribution in [0.25, 0.3) is 0 Å². The first-order valence-electron chi connectivity index (χ1n) is 14.0. The molecule has 0 heterocycles. The average Bonchev–Trinajstić information content (AvgIpc) is 3.05. The highest BCUT2D eigenvalue weighted by molar-refractivity contribution is 5.87. The van der Waals surface area contributed by atoms with E-state index in [4.69, 9.17) is 9.47 Å². The third-order valence-electron chi connectivity index (χ3n) is 6.60. The maximum atomic E-state index is 9.89.